The zero-order chi connectivity index (χ0) is 18.5. The smallest absolute Gasteiger partial charge is 0.225 e. The Kier molecular flexibility index (Phi) is 8.74. The summed E-state index contributed by atoms with van der Waals surface area (Å²) in [5.74, 6) is 1.32. The van der Waals surface area contributed by atoms with Gasteiger partial charge in [0.2, 0.25) is 5.91 Å². The van der Waals surface area contributed by atoms with Crippen LogP contribution < -0.4 is 5.32 Å². The van der Waals surface area contributed by atoms with Crippen LogP contribution in [0.5, 0.6) is 0 Å². The van der Waals surface area contributed by atoms with E-state index >= 15 is 0 Å². The summed E-state index contributed by atoms with van der Waals surface area (Å²) in [6, 6.07) is 0. The zero-order valence-electron chi connectivity index (χ0n) is 16.4. The molecule has 0 saturated carbocycles. The summed E-state index contributed by atoms with van der Waals surface area (Å²) in [5.41, 5.74) is 1.10. The van der Waals surface area contributed by atoms with Gasteiger partial charge in [-0.3, -0.25) is 9.79 Å². The third-order valence-corrected chi connectivity index (χ3v) is 6.22. The Balaban J connectivity index is 0.00000261. The van der Waals surface area contributed by atoms with Crippen LogP contribution in [-0.4, -0.2) is 73.1 Å². The van der Waals surface area contributed by atoms with Crippen LogP contribution in [0.1, 0.15) is 28.4 Å². The van der Waals surface area contributed by atoms with E-state index in [2.05, 4.69) is 27.1 Å². The van der Waals surface area contributed by atoms with Gasteiger partial charge in [0, 0.05) is 44.0 Å². The van der Waals surface area contributed by atoms with E-state index in [1.807, 2.05) is 18.9 Å². The van der Waals surface area contributed by atoms with E-state index in [0.29, 0.717) is 25.7 Å². The van der Waals surface area contributed by atoms with Crippen molar-refractivity contribution in [3.8, 4) is 0 Å². The van der Waals surface area contributed by atoms with Crippen molar-refractivity contribution in [3.63, 3.8) is 0 Å². The highest BCUT2D eigenvalue weighted by molar-refractivity contribution is 14.0. The molecular weight excluding hydrogens is 477 g/mol. The van der Waals surface area contributed by atoms with Crippen LogP contribution in [0.4, 0.5) is 0 Å². The van der Waals surface area contributed by atoms with Crippen LogP contribution in [0.2, 0.25) is 0 Å². The molecule has 1 N–H and O–H groups in total. The molecule has 1 amide bonds. The van der Waals surface area contributed by atoms with Crippen LogP contribution in [-0.2, 0) is 16.1 Å². The van der Waals surface area contributed by atoms with Crippen LogP contribution in [0.25, 0.3) is 0 Å². The van der Waals surface area contributed by atoms with Crippen molar-refractivity contribution in [2.45, 2.75) is 33.2 Å². The van der Waals surface area contributed by atoms with Gasteiger partial charge in [-0.2, -0.15) is 0 Å². The van der Waals surface area contributed by atoms with Gasteiger partial charge in [-0.1, -0.05) is 0 Å². The third kappa shape index (κ3) is 5.77. The SMILES string of the molecule is CN=C(NCc1nc(C)c(C)s1)N1CCC(C(=O)N2CCOCC2)CC1.I. The molecule has 2 aliphatic heterocycles. The molecule has 1 aromatic rings. The third-order valence-electron chi connectivity index (χ3n) is 5.15. The Hall–Kier alpha value is -0.940. The normalized spacial score (nSPS) is 19.0. The van der Waals surface area contributed by atoms with Crippen molar-refractivity contribution in [2.75, 3.05) is 46.4 Å². The molecule has 2 fully saturated rings. The molecule has 2 aliphatic rings. The number of hydrogen-bond acceptors (Lipinski definition) is 5. The Morgan fingerprint density at radius 2 is 1.89 bits per heavy atom. The van der Waals surface area contributed by atoms with Crippen molar-refractivity contribution >= 4 is 47.2 Å². The molecule has 1 aromatic heterocycles. The zero-order valence-corrected chi connectivity index (χ0v) is 19.5. The maximum absolute atomic E-state index is 12.6. The fourth-order valence-electron chi connectivity index (χ4n) is 3.48. The first-order valence-corrected chi connectivity index (χ1v) is 10.1. The van der Waals surface area contributed by atoms with E-state index in [-0.39, 0.29) is 29.9 Å². The summed E-state index contributed by atoms with van der Waals surface area (Å²) < 4.78 is 5.34. The molecule has 3 rings (SSSR count). The lowest BCUT2D eigenvalue weighted by molar-refractivity contribution is -0.140. The molecule has 0 radical (unpaired) electrons. The van der Waals surface area contributed by atoms with Crippen LogP contribution in [0, 0.1) is 19.8 Å². The number of likely N-dealkylation sites (tertiary alicyclic amines) is 1. The summed E-state index contributed by atoms with van der Waals surface area (Å²) in [6.07, 6.45) is 1.76. The lowest BCUT2D eigenvalue weighted by Crippen LogP contribution is -2.49. The predicted molar refractivity (Wildman–Crippen MR) is 119 cm³/mol. The van der Waals surface area contributed by atoms with Gasteiger partial charge >= 0.3 is 0 Å². The molecule has 7 nitrogen and oxygen atoms in total. The number of carbonyl (C=O) groups excluding carboxylic acids is 1. The number of nitrogens with one attached hydrogen (secondary N) is 1. The second-order valence-corrected chi connectivity index (χ2v) is 8.14. The van der Waals surface area contributed by atoms with Crippen molar-refractivity contribution in [2.24, 2.45) is 10.9 Å². The number of aryl methyl sites for hydroxylation is 2. The van der Waals surface area contributed by atoms with E-state index in [9.17, 15) is 4.79 Å². The fraction of sp³-hybridized carbons (Fsp3) is 0.722. The van der Waals surface area contributed by atoms with Gasteiger partial charge in [0.15, 0.2) is 5.96 Å². The second kappa shape index (κ2) is 10.6. The number of rotatable bonds is 3. The number of guanidine groups is 1. The monoisotopic (exact) mass is 507 g/mol. The predicted octanol–water partition coefficient (Wildman–Crippen LogP) is 2.02. The van der Waals surface area contributed by atoms with Crippen LogP contribution >= 0.6 is 35.3 Å². The van der Waals surface area contributed by atoms with Gasteiger partial charge in [-0.05, 0) is 26.7 Å². The highest BCUT2D eigenvalue weighted by Gasteiger charge is 2.30. The van der Waals surface area contributed by atoms with Crippen molar-refractivity contribution in [3.05, 3.63) is 15.6 Å². The first-order chi connectivity index (χ1) is 12.6. The second-order valence-electron chi connectivity index (χ2n) is 6.85. The highest BCUT2D eigenvalue weighted by Crippen LogP contribution is 2.21. The van der Waals surface area contributed by atoms with E-state index < -0.39 is 0 Å². The average molecular weight is 507 g/mol. The standard InChI is InChI=1S/C18H29N5O2S.HI/c1-13-14(2)26-16(21-13)12-20-18(19-3)23-6-4-15(5-7-23)17(24)22-8-10-25-11-9-22;/h15H,4-12H2,1-3H3,(H,19,20);1H. The van der Waals surface area contributed by atoms with E-state index in [1.54, 1.807) is 11.3 Å². The molecule has 3 heterocycles. The van der Waals surface area contributed by atoms with E-state index in [1.165, 1.54) is 4.88 Å². The summed E-state index contributed by atoms with van der Waals surface area (Å²) in [5, 5.41) is 4.50. The number of nitrogens with zero attached hydrogens (tertiary/aromatic N) is 4. The molecule has 0 atom stereocenters. The summed E-state index contributed by atoms with van der Waals surface area (Å²) >= 11 is 1.73. The Morgan fingerprint density at radius 1 is 1.22 bits per heavy atom. The molecule has 0 spiro atoms. The minimum Gasteiger partial charge on any atom is -0.378 e. The summed E-state index contributed by atoms with van der Waals surface area (Å²) in [4.78, 5) is 27.1. The lowest BCUT2D eigenvalue weighted by atomic mass is 9.95. The number of carbonyl (C=O) groups is 1. The number of amides is 1. The topological polar surface area (TPSA) is 70.1 Å². The summed E-state index contributed by atoms with van der Waals surface area (Å²) in [6.45, 7) is 9.34. The van der Waals surface area contributed by atoms with Gasteiger partial charge in [0.05, 0.1) is 25.5 Å². The molecule has 27 heavy (non-hydrogen) atoms. The van der Waals surface area contributed by atoms with Crippen LogP contribution in [0.3, 0.4) is 0 Å². The van der Waals surface area contributed by atoms with Gasteiger partial charge in [0.1, 0.15) is 5.01 Å². The number of aromatic nitrogens is 1. The lowest BCUT2D eigenvalue weighted by Gasteiger charge is -2.36. The highest BCUT2D eigenvalue weighted by atomic mass is 127. The van der Waals surface area contributed by atoms with Gasteiger partial charge < -0.3 is 19.9 Å². The summed E-state index contributed by atoms with van der Waals surface area (Å²) in [7, 11) is 1.81. The van der Waals surface area contributed by atoms with Gasteiger partial charge in [0.25, 0.3) is 0 Å². The number of hydrogen-bond donors (Lipinski definition) is 1. The van der Waals surface area contributed by atoms with Gasteiger partial charge in [-0.25, -0.2) is 4.98 Å². The molecule has 2 saturated heterocycles. The number of ether oxygens (including phenoxy) is 1. The number of piperidine rings is 1. The fourth-order valence-corrected chi connectivity index (χ4v) is 4.36. The first-order valence-electron chi connectivity index (χ1n) is 9.33. The molecular formula is C18H30IN5O2S. The Morgan fingerprint density at radius 3 is 2.44 bits per heavy atom. The Labute approximate surface area is 182 Å². The van der Waals surface area contributed by atoms with E-state index in [0.717, 1.165) is 55.7 Å². The van der Waals surface area contributed by atoms with Crippen molar-refractivity contribution in [1.29, 1.82) is 0 Å². The molecule has 0 aliphatic carbocycles. The molecule has 0 bridgehead atoms. The van der Waals surface area contributed by atoms with Gasteiger partial charge in [-0.15, -0.1) is 35.3 Å². The van der Waals surface area contributed by atoms with Crippen molar-refractivity contribution in [1.82, 2.24) is 20.1 Å². The number of aliphatic imine (C=N–C) groups is 1. The molecule has 0 unspecified atom stereocenters. The largest absolute Gasteiger partial charge is 0.378 e. The number of morpholine rings is 1. The maximum Gasteiger partial charge on any atom is 0.225 e. The molecule has 152 valence electrons. The number of halogens is 1. The molecule has 0 aromatic carbocycles. The quantitative estimate of drug-likeness (QED) is 0.385. The average Bonchev–Trinajstić information content (AvgIpc) is 3.00. The minimum atomic E-state index is 0. The van der Waals surface area contributed by atoms with Crippen LogP contribution in [0.15, 0.2) is 4.99 Å². The Bertz CT molecular complexity index is 633. The van der Waals surface area contributed by atoms with Crippen molar-refractivity contribution < 1.29 is 9.53 Å². The maximum atomic E-state index is 12.6. The first kappa shape index (κ1) is 22.4. The number of thiazole rings is 1. The minimum absolute atomic E-state index is 0. The molecule has 9 heteroatoms. The van der Waals surface area contributed by atoms with E-state index in [4.69, 9.17) is 4.74 Å².